The molecule has 2 heterocycles. The molecule has 1 unspecified atom stereocenters. The molecule has 5 nitrogen and oxygen atoms in total. The number of nitrogens with two attached hydrogens (primary N) is 1. The van der Waals surface area contributed by atoms with Crippen molar-refractivity contribution in [1.82, 2.24) is 15.3 Å². The normalized spacial score (nSPS) is 20.6. The molecular weight excluding hydrogens is 467 g/mol. The molecule has 2 saturated carbocycles. The molecule has 3 aromatic rings. The molecule has 2 aromatic heterocycles. The van der Waals surface area contributed by atoms with Gasteiger partial charge in [0.15, 0.2) is 0 Å². The van der Waals surface area contributed by atoms with Crippen LogP contribution in [0.3, 0.4) is 0 Å². The maximum Gasteiger partial charge on any atom is 0.417 e. The van der Waals surface area contributed by atoms with Crippen molar-refractivity contribution >= 4 is 22.5 Å². The number of hydrogen-bond acceptors (Lipinski definition) is 4. The number of fused-ring (bicyclic) bond motifs is 1. The van der Waals surface area contributed by atoms with E-state index in [4.69, 9.17) is 5.73 Å². The van der Waals surface area contributed by atoms with E-state index in [1.54, 1.807) is 43.5 Å². The summed E-state index contributed by atoms with van der Waals surface area (Å²) < 4.78 is 66.7. The average molecular weight is 490 g/mol. The molecule has 0 aliphatic heterocycles. The summed E-state index contributed by atoms with van der Waals surface area (Å²) in [5, 5.41) is 3.67. The fourth-order valence-corrected chi connectivity index (χ4v) is 5.68. The first-order valence-electron chi connectivity index (χ1n) is 11.2. The second-order valence-corrected chi connectivity index (χ2v) is 10.0. The van der Waals surface area contributed by atoms with Crippen molar-refractivity contribution in [2.45, 2.75) is 50.2 Å². The molecule has 0 saturated heterocycles. The van der Waals surface area contributed by atoms with Crippen molar-refractivity contribution in [2.75, 3.05) is 5.73 Å². The van der Waals surface area contributed by atoms with Crippen molar-refractivity contribution < 1.29 is 26.7 Å². The Hall–Kier alpha value is -3.30. The first-order chi connectivity index (χ1) is 16.3. The number of anilines is 1. The number of nitrogens with zero attached hydrogens (tertiary/aromatic N) is 2. The topological polar surface area (TPSA) is 80.9 Å². The Labute approximate surface area is 197 Å². The number of rotatable bonds is 4. The van der Waals surface area contributed by atoms with Crippen LogP contribution in [0.15, 0.2) is 48.8 Å². The third-order valence-corrected chi connectivity index (χ3v) is 7.42. The fourth-order valence-electron chi connectivity index (χ4n) is 5.68. The van der Waals surface area contributed by atoms with Gasteiger partial charge in [0, 0.05) is 36.2 Å². The predicted molar refractivity (Wildman–Crippen MR) is 120 cm³/mol. The summed E-state index contributed by atoms with van der Waals surface area (Å²) >= 11 is 0. The molecule has 2 aliphatic carbocycles. The van der Waals surface area contributed by atoms with Crippen molar-refractivity contribution in [3.8, 4) is 0 Å². The van der Waals surface area contributed by atoms with E-state index in [-0.39, 0.29) is 30.1 Å². The zero-order valence-corrected chi connectivity index (χ0v) is 18.8. The van der Waals surface area contributed by atoms with E-state index in [0.717, 1.165) is 11.5 Å². The lowest BCUT2D eigenvalue weighted by Crippen LogP contribution is -2.61. The van der Waals surface area contributed by atoms with Crippen LogP contribution in [-0.2, 0) is 11.7 Å². The molecule has 1 spiro atoms. The van der Waals surface area contributed by atoms with Gasteiger partial charge in [0.05, 0.1) is 28.0 Å². The molecule has 184 valence electrons. The first kappa shape index (κ1) is 23.4. The van der Waals surface area contributed by atoms with Gasteiger partial charge in [-0.15, -0.1) is 0 Å². The molecule has 10 heteroatoms. The lowest BCUT2D eigenvalue weighted by molar-refractivity contribution is -0.216. The second kappa shape index (κ2) is 7.60. The van der Waals surface area contributed by atoms with Crippen LogP contribution in [0.4, 0.5) is 27.6 Å². The number of hydrogen-bond donors (Lipinski definition) is 2. The van der Waals surface area contributed by atoms with Crippen molar-refractivity contribution in [3.05, 3.63) is 65.6 Å². The van der Waals surface area contributed by atoms with Gasteiger partial charge in [0.25, 0.3) is 5.91 Å². The van der Waals surface area contributed by atoms with Gasteiger partial charge in [0.2, 0.25) is 5.92 Å². The molecule has 35 heavy (non-hydrogen) atoms. The van der Waals surface area contributed by atoms with E-state index in [0.29, 0.717) is 30.1 Å². The molecule has 0 radical (unpaired) electrons. The van der Waals surface area contributed by atoms with E-state index in [2.05, 4.69) is 15.3 Å². The highest BCUT2D eigenvalue weighted by atomic mass is 19.4. The number of aromatic nitrogens is 2. The van der Waals surface area contributed by atoms with Crippen molar-refractivity contribution in [1.29, 1.82) is 0 Å². The third-order valence-electron chi connectivity index (χ3n) is 7.42. The van der Waals surface area contributed by atoms with Crippen LogP contribution in [0.25, 0.3) is 10.9 Å². The Balaban J connectivity index is 1.48. The van der Waals surface area contributed by atoms with Gasteiger partial charge in [0.1, 0.15) is 0 Å². The number of pyridine rings is 2. The smallest absolute Gasteiger partial charge is 0.397 e. The van der Waals surface area contributed by atoms with Crippen LogP contribution in [0.1, 0.15) is 54.2 Å². The van der Waals surface area contributed by atoms with E-state index in [1.807, 2.05) is 0 Å². The Kier molecular flexibility index (Phi) is 5.09. The van der Waals surface area contributed by atoms with Crippen LogP contribution in [0, 0.1) is 11.3 Å². The number of nitrogen functional groups attached to an aromatic ring is 1. The lowest BCUT2D eigenvalue weighted by atomic mass is 9.46. The molecule has 2 fully saturated rings. The SMILES string of the molecule is CC(NC(=O)c1ccc2ncccc2c1)(c1ncc(C(F)(F)F)cc1N)C1CC2(C1)CC(F)(F)C2. The van der Waals surface area contributed by atoms with E-state index in [1.165, 1.54) is 0 Å². The summed E-state index contributed by atoms with van der Waals surface area (Å²) in [6.07, 6.45) is -1.98. The maximum atomic E-state index is 13.6. The van der Waals surface area contributed by atoms with Crippen LogP contribution in [0.5, 0.6) is 0 Å². The molecule has 3 N–H and O–H groups in total. The van der Waals surface area contributed by atoms with Gasteiger partial charge < -0.3 is 11.1 Å². The molecule has 2 aliphatic rings. The second-order valence-electron chi connectivity index (χ2n) is 10.0. The number of amides is 1. The highest BCUT2D eigenvalue weighted by molar-refractivity contribution is 5.98. The quantitative estimate of drug-likeness (QED) is 0.460. The highest BCUT2D eigenvalue weighted by Crippen LogP contribution is 2.67. The van der Waals surface area contributed by atoms with Crippen LogP contribution in [0.2, 0.25) is 0 Å². The van der Waals surface area contributed by atoms with Gasteiger partial charge in [-0.2, -0.15) is 13.2 Å². The van der Waals surface area contributed by atoms with Crippen LogP contribution < -0.4 is 11.1 Å². The molecule has 0 bridgehead atoms. The standard InChI is InChI=1S/C25H23F5N4O/c1-22(17-9-23(10-17)12-24(26,27)13-23,20-18(31)8-16(11-33-20)25(28,29)30)34-21(35)15-4-5-19-14(7-15)3-2-6-32-19/h2-8,11,17H,9-10,12-13,31H2,1H3,(H,34,35). The average Bonchev–Trinajstić information content (AvgIpc) is 2.74. The van der Waals surface area contributed by atoms with Gasteiger partial charge in [-0.1, -0.05) is 6.07 Å². The Morgan fingerprint density at radius 1 is 1.11 bits per heavy atom. The fraction of sp³-hybridized carbons (Fsp3) is 0.400. The molecule has 1 atom stereocenters. The molecule has 1 amide bonds. The minimum atomic E-state index is -4.63. The van der Waals surface area contributed by atoms with E-state index >= 15 is 0 Å². The maximum absolute atomic E-state index is 13.6. The van der Waals surface area contributed by atoms with Crippen molar-refractivity contribution in [2.24, 2.45) is 11.3 Å². The molecule has 1 aromatic carbocycles. The zero-order valence-electron chi connectivity index (χ0n) is 18.8. The van der Waals surface area contributed by atoms with Gasteiger partial charge in [-0.3, -0.25) is 14.8 Å². The lowest BCUT2D eigenvalue weighted by Gasteiger charge is -2.61. The van der Waals surface area contributed by atoms with Gasteiger partial charge in [-0.05, 0) is 61.4 Å². The number of alkyl halides is 5. The van der Waals surface area contributed by atoms with Gasteiger partial charge in [-0.25, -0.2) is 8.78 Å². The number of halogens is 5. The van der Waals surface area contributed by atoms with Crippen LogP contribution >= 0.6 is 0 Å². The Morgan fingerprint density at radius 3 is 2.46 bits per heavy atom. The number of carbonyl (C=O) groups is 1. The largest absolute Gasteiger partial charge is 0.417 e. The highest BCUT2D eigenvalue weighted by Gasteiger charge is 2.65. The van der Waals surface area contributed by atoms with Gasteiger partial charge >= 0.3 is 6.18 Å². The summed E-state index contributed by atoms with van der Waals surface area (Å²) in [7, 11) is 0. The summed E-state index contributed by atoms with van der Waals surface area (Å²) in [5.41, 5.74) is 4.15. The zero-order chi connectivity index (χ0) is 25.2. The molecule has 5 rings (SSSR count). The summed E-state index contributed by atoms with van der Waals surface area (Å²) in [5.74, 6) is -3.49. The van der Waals surface area contributed by atoms with E-state index < -0.39 is 34.5 Å². The number of benzene rings is 1. The summed E-state index contributed by atoms with van der Waals surface area (Å²) in [6, 6.07) is 9.30. The minimum Gasteiger partial charge on any atom is -0.397 e. The first-order valence-corrected chi connectivity index (χ1v) is 11.2. The Bertz CT molecular complexity index is 1310. The van der Waals surface area contributed by atoms with Crippen LogP contribution in [-0.4, -0.2) is 21.8 Å². The third kappa shape index (κ3) is 4.08. The number of nitrogens with one attached hydrogen (secondary N) is 1. The van der Waals surface area contributed by atoms with Crippen molar-refractivity contribution in [3.63, 3.8) is 0 Å². The van der Waals surface area contributed by atoms with E-state index in [9.17, 15) is 26.7 Å². The summed E-state index contributed by atoms with van der Waals surface area (Å²) in [6.45, 7) is 1.65. The predicted octanol–water partition coefficient (Wildman–Crippen LogP) is 5.70. The minimum absolute atomic E-state index is 0.0900. The Morgan fingerprint density at radius 2 is 1.83 bits per heavy atom. The molecular formula is C25H23F5N4O. The summed E-state index contributed by atoms with van der Waals surface area (Å²) in [4.78, 5) is 21.6. The monoisotopic (exact) mass is 490 g/mol. The number of carbonyl (C=O) groups excluding carboxylic acids is 1.